The van der Waals surface area contributed by atoms with Crippen LogP contribution in [-0.4, -0.2) is 24.5 Å². The zero-order valence-electron chi connectivity index (χ0n) is 12.1. The van der Waals surface area contributed by atoms with Crippen molar-refractivity contribution < 1.29 is 14.3 Å². The fourth-order valence-corrected chi connectivity index (χ4v) is 2.71. The summed E-state index contributed by atoms with van der Waals surface area (Å²) in [6, 6.07) is 6.57. The molecule has 0 saturated heterocycles. The van der Waals surface area contributed by atoms with Crippen molar-refractivity contribution >= 4 is 23.5 Å². The van der Waals surface area contributed by atoms with Crippen molar-refractivity contribution in [2.75, 3.05) is 6.61 Å². The van der Waals surface area contributed by atoms with E-state index in [1.165, 1.54) is 6.42 Å². The predicted octanol–water partition coefficient (Wildman–Crippen LogP) is 3.19. The Balaban J connectivity index is 1.78. The van der Waals surface area contributed by atoms with Crippen LogP contribution < -0.4 is 5.32 Å². The molecule has 4 nitrogen and oxygen atoms in total. The van der Waals surface area contributed by atoms with E-state index in [-0.39, 0.29) is 18.6 Å². The number of hydrogen-bond donors (Lipinski definition) is 1. The molecule has 2 atom stereocenters. The van der Waals surface area contributed by atoms with Crippen molar-refractivity contribution in [3.05, 3.63) is 34.9 Å². The molecule has 1 aromatic carbocycles. The van der Waals surface area contributed by atoms with Crippen LogP contribution in [0.5, 0.6) is 0 Å². The molecule has 0 aromatic heterocycles. The number of amides is 1. The Labute approximate surface area is 129 Å². The lowest BCUT2D eigenvalue weighted by Crippen LogP contribution is -2.42. The summed E-state index contributed by atoms with van der Waals surface area (Å²) in [5.74, 6) is -0.274. The Morgan fingerprint density at radius 2 is 1.90 bits per heavy atom. The van der Waals surface area contributed by atoms with Gasteiger partial charge in [0.1, 0.15) is 0 Å². The van der Waals surface area contributed by atoms with Gasteiger partial charge in [-0.15, -0.1) is 0 Å². The quantitative estimate of drug-likeness (QED) is 0.869. The number of benzene rings is 1. The standard InChI is InChI=1S/C16H20ClNO3/c1-11-4-2-3-5-14(11)18-15(19)10-21-16(20)12-6-8-13(17)9-7-12/h6-9,11,14H,2-5,10H2,1H3,(H,18,19). The summed E-state index contributed by atoms with van der Waals surface area (Å²) >= 11 is 5.75. The molecule has 2 unspecified atom stereocenters. The summed E-state index contributed by atoms with van der Waals surface area (Å²) in [5, 5.41) is 3.50. The average molecular weight is 310 g/mol. The molecule has 1 N–H and O–H groups in total. The molecule has 1 saturated carbocycles. The number of carbonyl (C=O) groups is 2. The SMILES string of the molecule is CC1CCCCC1NC(=O)COC(=O)c1ccc(Cl)cc1. The smallest absolute Gasteiger partial charge is 0.338 e. The molecular weight excluding hydrogens is 290 g/mol. The largest absolute Gasteiger partial charge is 0.452 e. The summed E-state index contributed by atoms with van der Waals surface area (Å²) < 4.78 is 5.01. The molecule has 1 aromatic rings. The highest BCUT2D eigenvalue weighted by Crippen LogP contribution is 2.23. The molecule has 0 aliphatic heterocycles. The van der Waals surface area contributed by atoms with Gasteiger partial charge in [-0.2, -0.15) is 0 Å². The van der Waals surface area contributed by atoms with Gasteiger partial charge >= 0.3 is 5.97 Å². The molecule has 114 valence electrons. The average Bonchev–Trinajstić information content (AvgIpc) is 2.48. The van der Waals surface area contributed by atoms with Gasteiger partial charge in [-0.3, -0.25) is 4.79 Å². The number of halogens is 1. The molecule has 0 radical (unpaired) electrons. The van der Waals surface area contributed by atoms with Crippen molar-refractivity contribution in [2.45, 2.75) is 38.6 Å². The van der Waals surface area contributed by atoms with Crippen molar-refractivity contribution in [2.24, 2.45) is 5.92 Å². The maximum Gasteiger partial charge on any atom is 0.338 e. The second-order valence-electron chi connectivity index (χ2n) is 5.52. The number of ether oxygens (including phenoxy) is 1. The highest BCUT2D eigenvalue weighted by molar-refractivity contribution is 6.30. The van der Waals surface area contributed by atoms with Crippen LogP contribution in [0.4, 0.5) is 0 Å². The third kappa shape index (κ3) is 4.74. The number of carbonyl (C=O) groups excluding carboxylic acids is 2. The Morgan fingerprint density at radius 1 is 1.24 bits per heavy atom. The van der Waals surface area contributed by atoms with E-state index in [1.807, 2.05) is 0 Å². The van der Waals surface area contributed by atoms with Gasteiger partial charge in [-0.05, 0) is 43.0 Å². The molecule has 21 heavy (non-hydrogen) atoms. The molecule has 0 bridgehead atoms. The van der Waals surface area contributed by atoms with Gasteiger partial charge in [0.15, 0.2) is 6.61 Å². The zero-order chi connectivity index (χ0) is 15.2. The van der Waals surface area contributed by atoms with E-state index in [0.29, 0.717) is 16.5 Å². The van der Waals surface area contributed by atoms with Crippen LogP contribution in [-0.2, 0) is 9.53 Å². The first-order chi connectivity index (χ1) is 10.1. The van der Waals surface area contributed by atoms with E-state index in [0.717, 1.165) is 19.3 Å². The molecule has 1 aliphatic carbocycles. The maximum atomic E-state index is 11.8. The molecular formula is C16H20ClNO3. The van der Waals surface area contributed by atoms with E-state index < -0.39 is 5.97 Å². The Kier molecular flexibility index (Phi) is 5.62. The predicted molar refractivity (Wildman–Crippen MR) is 81.3 cm³/mol. The van der Waals surface area contributed by atoms with E-state index in [2.05, 4.69) is 12.2 Å². The van der Waals surface area contributed by atoms with Crippen molar-refractivity contribution in [1.29, 1.82) is 0 Å². The highest BCUT2D eigenvalue weighted by Gasteiger charge is 2.23. The van der Waals surface area contributed by atoms with Crippen molar-refractivity contribution in [3.8, 4) is 0 Å². The Bertz CT molecular complexity index is 501. The number of nitrogens with one attached hydrogen (secondary N) is 1. The van der Waals surface area contributed by atoms with Gasteiger partial charge in [-0.25, -0.2) is 4.79 Å². The van der Waals surface area contributed by atoms with E-state index >= 15 is 0 Å². The van der Waals surface area contributed by atoms with Crippen LogP contribution in [0.1, 0.15) is 43.0 Å². The first kappa shape index (κ1) is 15.8. The summed E-state index contributed by atoms with van der Waals surface area (Å²) in [5.41, 5.74) is 0.387. The Hall–Kier alpha value is -1.55. The van der Waals surface area contributed by atoms with Crippen LogP contribution in [0, 0.1) is 5.92 Å². The highest BCUT2D eigenvalue weighted by atomic mass is 35.5. The number of hydrogen-bond acceptors (Lipinski definition) is 3. The first-order valence-electron chi connectivity index (χ1n) is 7.28. The van der Waals surface area contributed by atoms with Gasteiger partial charge in [0.25, 0.3) is 5.91 Å². The summed E-state index contributed by atoms with van der Waals surface area (Å²) in [6.45, 7) is 1.90. The second kappa shape index (κ2) is 7.46. The van der Waals surface area contributed by atoms with Crippen LogP contribution in [0.15, 0.2) is 24.3 Å². The fraction of sp³-hybridized carbons (Fsp3) is 0.500. The van der Waals surface area contributed by atoms with Crippen molar-refractivity contribution in [1.82, 2.24) is 5.32 Å². The number of rotatable bonds is 4. The molecule has 2 rings (SSSR count). The topological polar surface area (TPSA) is 55.4 Å². The monoisotopic (exact) mass is 309 g/mol. The lowest BCUT2D eigenvalue weighted by atomic mass is 9.86. The maximum absolute atomic E-state index is 11.8. The van der Waals surface area contributed by atoms with Crippen LogP contribution in [0.25, 0.3) is 0 Å². The van der Waals surface area contributed by atoms with Crippen LogP contribution in [0.3, 0.4) is 0 Å². The van der Waals surface area contributed by atoms with Gasteiger partial charge < -0.3 is 10.1 Å². The lowest BCUT2D eigenvalue weighted by Gasteiger charge is -2.29. The summed E-state index contributed by atoms with van der Waals surface area (Å²) in [4.78, 5) is 23.6. The van der Waals surface area contributed by atoms with Crippen LogP contribution in [0.2, 0.25) is 5.02 Å². The van der Waals surface area contributed by atoms with E-state index in [4.69, 9.17) is 16.3 Å². The number of esters is 1. The third-order valence-electron chi connectivity index (χ3n) is 3.87. The third-order valence-corrected chi connectivity index (χ3v) is 4.12. The molecule has 0 heterocycles. The molecule has 1 aliphatic rings. The Morgan fingerprint density at radius 3 is 2.57 bits per heavy atom. The summed E-state index contributed by atoms with van der Waals surface area (Å²) in [7, 11) is 0. The lowest BCUT2D eigenvalue weighted by molar-refractivity contribution is -0.125. The van der Waals surface area contributed by atoms with Gasteiger partial charge in [0.05, 0.1) is 5.56 Å². The molecule has 5 heteroatoms. The molecule has 1 amide bonds. The minimum absolute atomic E-state index is 0.195. The molecule has 1 fully saturated rings. The van der Waals surface area contributed by atoms with E-state index in [1.54, 1.807) is 24.3 Å². The molecule has 0 spiro atoms. The van der Waals surface area contributed by atoms with Gasteiger partial charge in [-0.1, -0.05) is 31.4 Å². The van der Waals surface area contributed by atoms with Crippen molar-refractivity contribution in [3.63, 3.8) is 0 Å². The first-order valence-corrected chi connectivity index (χ1v) is 7.66. The van der Waals surface area contributed by atoms with Crippen LogP contribution >= 0.6 is 11.6 Å². The zero-order valence-corrected chi connectivity index (χ0v) is 12.9. The van der Waals surface area contributed by atoms with Gasteiger partial charge in [0, 0.05) is 11.1 Å². The minimum Gasteiger partial charge on any atom is -0.452 e. The van der Waals surface area contributed by atoms with E-state index in [9.17, 15) is 9.59 Å². The van der Waals surface area contributed by atoms with Gasteiger partial charge in [0.2, 0.25) is 0 Å². The normalized spacial score (nSPS) is 21.6. The minimum atomic E-state index is -0.515. The summed E-state index contributed by atoms with van der Waals surface area (Å²) in [6.07, 6.45) is 4.49. The fourth-order valence-electron chi connectivity index (χ4n) is 2.58. The second-order valence-corrected chi connectivity index (χ2v) is 5.96.